The number of likely N-dealkylation sites (tertiary alicyclic amines) is 1. The quantitative estimate of drug-likeness (QED) is 0.322. The van der Waals surface area contributed by atoms with Gasteiger partial charge in [0.05, 0.1) is 4.88 Å². The first kappa shape index (κ1) is 32.2. The van der Waals surface area contributed by atoms with Crippen LogP contribution in [0, 0.1) is 0 Å². The molecule has 0 unspecified atom stereocenters. The van der Waals surface area contributed by atoms with Crippen molar-refractivity contribution in [1.29, 1.82) is 0 Å². The molecule has 0 radical (unpaired) electrons. The third-order valence-corrected chi connectivity index (χ3v) is 11.1. The van der Waals surface area contributed by atoms with Gasteiger partial charge in [-0.15, -0.1) is 11.3 Å². The number of nitrogens with zero attached hydrogens (tertiary/aromatic N) is 4. The second-order valence-corrected chi connectivity index (χ2v) is 15.1. The summed E-state index contributed by atoms with van der Waals surface area (Å²) in [5.41, 5.74) is 1.18. The lowest BCUT2D eigenvalue weighted by atomic mass is 9.88. The smallest absolute Gasteiger partial charge is 0.345 e. The molecule has 3 fully saturated rings. The molecule has 3 aromatic rings. The number of halogens is 1. The molecule has 3 N–H and O–H groups in total. The van der Waals surface area contributed by atoms with Crippen LogP contribution < -0.4 is 5.32 Å². The van der Waals surface area contributed by atoms with E-state index in [1.807, 2.05) is 0 Å². The van der Waals surface area contributed by atoms with Gasteiger partial charge >= 0.3 is 7.60 Å². The summed E-state index contributed by atoms with van der Waals surface area (Å²) in [5.74, 6) is -3.55. The summed E-state index contributed by atoms with van der Waals surface area (Å²) < 4.78 is 26.2. The first-order valence-electron chi connectivity index (χ1n) is 15.1. The number of hydrogen-bond acceptors (Lipinski definition) is 7. The number of benzene rings is 1. The van der Waals surface area contributed by atoms with E-state index in [0.717, 1.165) is 23.3 Å². The monoisotopic (exact) mass is 671 g/mol. The number of rotatable bonds is 7. The van der Waals surface area contributed by atoms with Crippen molar-refractivity contribution < 1.29 is 37.9 Å². The summed E-state index contributed by atoms with van der Waals surface area (Å²) in [7, 11) is -1.61. The van der Waals surface area contributed by atoms with Gasteiger partial charge in [-0.25, -0.2) is 4.39 Å². The first-order valence-corrected chi connectivity index (χ1v) is 17.6. The molecule has 0 spiro atoms. The Labute approximate surface area is 268 Å². The molecular formula is C31H35FN5O7PS. The fourth-order valence-electron chi connectivity index (χ4n) is 6.72. The maximum absolute atomic E-state index is 14.2. The molecule has 4 atom stereocenters. The van der Waals surface area contributed by atoms with Crippen molar-refractivity contribution >= 4 is 52.6 Å². The SMILES string of the molecule is CN(C)C(=O)c1ccncc1C1CN(C(=O)[C@@H]2CC[C@@H]3CCC[C@H](NC(=O)c4cc5cc([C@@H](F)P(=O)(O)O)ccc5s4)C(=O)N32)C1. The molecule has 5 heterocycles. The average Bonchev–Trinajstić information content (AvgIpc) is 3.59. The maximum atomic E-state index is 14.2. The Kier molecular flexibility index (Phi) is 8.75. The molecule has 4 amide bonds. The Morgan fingerprint density at radius 3 is 2.59 bits per heavy atom. The predicted octanol–water partition coefficient (Wildman–Crippen LogP) is 3.41. The lowest BCUT2D eigenvalue weighted by Crippen LogP contribution is -2.58. The summed E-state index contributed by atoms with van der Waals surface area (Å²) in [6.45, 7) is 0.846. The van der Waals surface area contributed by atoms with E-state index in [-0.39, 0.29) is 40.1 Å². The van der Waals surface area contributed by atoms with Crippen LogP contribution in [0.2, 0.25) is 0 Å². The van der Waals surface area contributed by atoms with E-state index in [2.05, 4.69) is 10.3 Å². The van der Waals surface area contributed by atoms with Gasteiger partial charge in [-0.3, -0.25) is 28.7 Å². The molecule has 0 bridgehead atoms. The molecular weight excluding hydrogens is 636 g/mol. The zero-order valence-electron chi connectivity index (χ0n) is 25.3. The minimum absolute atomic E-state index is 0.0365. The average molecular weight is 672 g/mol. The predicted molar refractivity (Wildman–Crippen MR) is 168 cm³/mol. The van der Waals surface area contributed by atoms with E-state index in [1.54, 1.807) is 42.4 Å². The summed E-state index contributed by atoms with van der Waals surface area (Å²) >= 11 is 1.13. The second kappa shape index (κ2) is 12.5. The highest BCUT2D eigenvalue weighted by Gasteiger charge is 2.48. The highest BCUT2D eigenvalue weighted by molar-refractivity contribution is 7.51. The van der Waals surface area contributed by atoms with E-state index in [9.17, 15) is 37.9 Å². The molecule has 12 nitrogen and oxygen atoms in total. The van der Waals surface area contributed by atoms with Crippen molar-refractivity contribution in [1.82, 2.24) is 25.0 Å². The van der Waals surface area contributed by atoms with E-state index in [0.29, 0.717) is 54.4 Å². The molecule has 0 aliphatic carbocycles. The zero-order chi connectivity index (χ0) is 32.9. The number of pyridine rings is 1. The van der Waals surface area contributed by atoms with Crippen LogP contribution in [0.1, 0.15) is 75.1 Å². The van der Waals surface area contributed by atoms with Gasteiger partial charge in [0.2, 0.25) is 17.7 Å². The Balaban J connectivity index is 1.13. The first-order chi connectivity index (χ1) is 21.8. The van der Waals surface area contributed by atoms with Crippen molar-refractivity contribution in [3.63, 3.8) is 0 Å². The number of amides is 4. The van der Waals surface area contributed by atoms with Crippen molar-refractivity contribution in [2.75, 3.05) is 27.2 Å². The number of carbonyl (C=O) groups excluding carboxylic acids is 4. The lowest BCUT2D eigenvalue weighted by molar-refractivity contribution is -0.148. The van der Waals surface area contributed by atoms with Crippen molar-refractivity contribution in [2.24, 2.45) is 0 Å². The van der Waals surface area contributed by atoms with E-state index >= 15 is 0 Å². The van der Waals surface area contributed by atoms with Gasteiger partial charge in [0, 0.05) is 61.8 Å². The van der Waals surface area contributed by atoms with Gasteiger partial charge in [-0.1, -0.05) is 6.07 Å². The van der Waals surface area contributed by atoms with E-state index in [1.165, 1.54) is 29.2 Å². The summed E-state index contributed by atoms with van der Waals surface area (Å²) in [6, 6.07) is 5.76. The highest BCUT2D eigenvalue weighted by atomic mass is 32.1. The maximum Gasteiger partial charge on any atom is 0.363 e. The molecule has 6 rings (SSSR count). The Morgan fingerprint density at radius 2 is 1.87 bits per heavy atom. The van der Waals surface area contributed by atoms with Crippen LogP contribution in [-0.2, 0) is 14.2 Å². The molecule has 2 aromatic heterocycles. The normalized spacial score (nSPS) is 22.6. The molecule has 15 heteroatoms. The third kappa shape index (κ3) is 6.06. The van der Waals surface area contributed by atoms with Crippen LogP contribution >= 0.6 is 18.9 Å². The summed E-state index contributed by atoms with van der Waals surface area (Å²) in [4.78, 5) is 81.3. The molecule has 3 saturated heterocycles. The van der Waals surface area contributed by atoms with Gasteiger partial charge < -0.3 is 29.8 Å². The van der Waals surface area contributed by atoms with Crippen LogP contribution in [0.5, 0.6) is 0 Å². The lowest BCUT2D eigenvalue weighted by Gasteiger charge is -2.43. The van der Waals surface area contributed by atoms with Gasteiger partial charge in [-0.05, 0) is 72.9 Å². The number of thiophene rings is 1. The van der Waals surface area contributed by atoms with Gasteiger partial charge in [-0.2, -0.15) is 0 Å². The summed E-state index contributed by atoms with van der Waals surface area (Å²) in [6.07, 6.45) is 6.35. The number of nitrogens with one attached hydrogen (secondary N) is 1. The van der Waals surface area contributed by atoms with E-state index in [4.69, 9.17) is 0 Å². The number of aromatic nitrogens is 1. The van der Waals surface area contributed by atoms with Gasteiger partial charge in [0.15, 0.2) is 0 Å². The minimum Gasteiger partial charge on any atom is -0.345 e. The van der Waals surface area contributed by atoms with Crippen molar-refractivity contribution in [3.05, 3.63) is 64.3 Å². The molecule has 3 aliphatic heterocycles. The fraction of sp³-hybridized carbons (Fsp3) is 0.452. The van der Waals surface area contributed by atoms with Gasteiger partial charge in [0.1, 0.15) is 12.1 Å². The number of alkyl halides is 1. The molecule has 3 aliphatic rings. The largest absolute Gasteiger partial charge is 0.363 e. The van der Waals surface area contributed by atoms with E-state index < -0.39 is 31.5 Å². The van der Waals surface area contributed by atoms with Crippen LogP contribution in [0.25, 0.3) is 10.1 Å². The van der Waals surface area contributed by atoms with Crippen LogP contribution in [0.3, 0.4) is 0 Å². The Morgan fingerprint density at radius 1 is 1.11 bits per heavy atom. The van der Waals surface area contributed by atoms with Gasteiger partial charge in [0.25, 0.3) is 11.8 Å². The number of hydrogen-bond donors (Lipinski definition) is 3. The van der Waals surface area contributed by atoms with Crippen LogP contribution in [-0.4, -0.2) is 98.4 Å². The Bertz CT molecular complexity index is 1760. The minimum atomic E-state index is -4.98. The van der Waals surface area contributed by atoms with Crippen molar-refractivity contribution in [2.45, 2.75) is 62.1 Å². The van der Waals surface area contributed by atoms with Crippen LogP contribution in [0.4, 0.5) is 4.39 Å². The second-order valence-electron chi connectivity index (χ2n) is 12.4. The number of fused-ring (bicyclic) bond motifs is 2. The third-order valence-electron chi connectivity index (χ3n) is 9.13. The highest BCUT2D eigenvalue weighted by Crippen LogP contribution is 2.53. The Hall–Kier alpha value is -3.71. The van der Waals surface area contributed by atoms with Crippen LogP contribution in [0.15, 0.2) is 42.7 Å². The summed E-state index contributed by atoms with van der Waals surface area (Å²) in [5, 5.41) is 3.30. The molecule has 46 heavy (non-hydrogen) atoms. The standard InChI is InChI=1S/C31H35FN5O7PS/c1-35(2)29(39)21-10-11-33-14-22(21)19-15-36(16-19)31(41)24-8-7-20-4-3-5-23(30(40)37(20)24)34-28(38)26-13-18-12-17(6-9-25(18)46-26)27(32)45(42,43)44/h6,9-14,19-20,23-24,27H,3-5,7-8,15-16H2,1-2H3,(H,34,38)(H2,42,43,44)/t20-,23-,24-,27-/m0/s1. The molecule has 0 saturated carbocycles. The number of carbonyl (C=O) groups is 4. The van der Waals surface area contributed by atoms with Crippen molar-refractivity contribution in [3.8, 4) is 0 Å². The topological polar surface area (TPSA) is 160 Å². The molecule has 244 valence electrons. The zero-order valence-corrected chi connectivity index (χ0v) is 27.0. The molecule has 1 aromatic carbocycles. The fourth-order valence-corrected chi connectivity index (χ4v) is 8.21.